The molecular formula is C7H6BFO8. The summed E-state index contributed by atoms with van der Waals surface area (Å²) < 4.78 is 29.5. The Morgan fingerprint density at radius 1 is 1.29 bits per heavy atom. The van der Waals surface area contributed by atoms with Crippen LogP contribution in [0.25, 0.3) is 0 Å². The fourth-order valence-corrected chi connectivity index (χ4v) is 0.842. The fourth-order valence-electron chi connectivity index (χ4n) is 0.842. The van der Waals surface area contributed by atoms with Crippen molar-refractivity contribution in [3.63, 3.8) is 0 Å². The van der Waals surface area contributed by atoms with E-state index in [0.717, 1.165) is 7.11 Å². The molecule has 8 nitrogen and oxygen atoms in total. The molecule has 1 rings (SSSR count). The van der Waals surface area contributed by atoms with Crippen molar-refractivity contribution in [1.29, 1.82) is 0 Å². The third kappa shape index (κ3) is 3.43. The maximum Gasteiger partial charge on any atom is 0.870 e. The lowest BCUT2D eigenvalue weighted by molar-refractivity contribution is -0.162. The fraction of sp³-hybridized carbons (Fsp3) is 0.429. The number of methoxy groups -OCH3 is 1. The Morgan fingerprint density at radius 2 is 1.82 bits per heavy atom. The molecule has 0 N–H and O–H groups in total. The van der Waals surface area contributed by atoms with Crippen molar-refractivity contribution in [2.45, 2.75) is 12.6 Å². The Hall–Kier alpha value is -2.13. The predicted octanol–water partition coefficient (Wildman–Crippen LogP) is -1.48. The minimum Gasteiger partial charge on any atom is -0.466 e. The zero-order chi connectivity index (χ0) is 13.0. The van der Waals surface area contributed by atoms with Gasteiger partial charge in [0.25, 0.3) is 6.17 Å². The van der Waals surface area contributed by atoms with Gasteiger partial charge in [-0.15, -0.1) is 0 Å². The van der Waals surface area contributed by atoms with Crippen LogP contribution in [-0.4, -0.2) is 44.5 Å². The Labute approximate surface area is 94.1 Å². The molecule has 1 aliphatic heterocycles. The summed E-state index contributed by atoms with van der Waals surface area (Å²) in [7, 11) is -1.12. The maximum atomic E-state index is 12.9. The normalized spacial score (nSPS) is 16.7. The van der Waals surface area contributed by atoms with Crippen LogP contribution in [-0.2, 0) is 37.9 Å². The molecule has 0 aromatic heterocycles. The van der Waals surface area contributed by atoms with Crippen LogP contribution in [0.5, 0.6) is 0 Å². The zero-order valence-electron chi connectivity index (χ0n) is 8.51. The number of esters is 1. The molecule has 0 radical (unpaired) electrons. The molecule has 1 aliphatic rings. The maximum absolute atomic E-state index is 12.9. The number of alkyl halides is 1. The van der Waals surface area contributed by atoms with E-state index in [0.29, 0.717) is 0 Å². The number of rotatable bonds is 3. The second-order valence-corrected chi connectivity index (χ2v) is 2.77. The van der Waals surface area contributed by atoms with Crippen molar-refractivity contribution in [1.82, 2.24) is 0 Å². The van der Waals surface area contributed by atoms with E-state index in [1.54, 1.807) is 0 Å². The smallest absolute Gasteiger partial charge is 0.466 e. The minimum atomic E-state index is -2.71. The average Bonchev–Trinajstić information content (AvgIpc) is 2.25. The summed E-state index contributed by atoms with van der Waals surface area (Å²) in [5, 5.41) is 0. The summed E-state index contributed by atoms with van der Waals surface area (Å²) in [6.07, 6.45) is -3.34. The van der Waals surface area contributed by atoms with Crippen LogP contribution in [0.1, 0.15) is 6.42 Å². The first-order valence-corrected chi connectivity index (χ1v) is 4.25. The Kier molecular flexibility index (Phi) is 4.02. The number of ether oxygens (including phenoxy) is 1. The monoisotopic (exact) mass is 248 g/mol. The van der Waals surface area contributed by atoms with Gasteiger partial charge < -0.3 is 18.7 Å². The molecule has 0 bridgehead atoms. The van der Waals surface area contributed by atoms with E-state index in [-0.39, 0.29) is 0 Å². The van der Waals surface area contributed by atoms with Crippen molar-refractivity contribution in [3.05, 3.63) is 0 Å². The highest BCUT2D eigenvalue weighted by Gasteiger charge is 2.44. The second kappa shape index (κ2) is 5.28. The van der Waals surface area contributed by atoms with E-state index in [1.807, 2.05) is 0 Å². The van der Waals surface area contributed by atoms with Gasteiger partial charge >= 0.3 is 31.2 Å². The quantitative estimate of drug-likeness (QED) is 0.338. The number of halogens is 1. The standard InChI is InChI=1S/C7H6BFO8/c1-14-6(12)5(9)7(13)17-8-15-3(10)2-4(11)16-8/h5H,2H2,1H3. The van der Waals surface area contributed by atoms with Crippen LogP contribution in [0.2, 0.25) is 0 Å². The van der Waals surface area contributed by atoms with Gasteiger partial charge in [-0.1, -0.05) is 0 Å². The van der Waals surface area contributed by atoms with Gasteiger partial charge in [-0.05, 0) is 0 Å². The van der Waals surface area contributed by atoms with Gasteiger partial charge in [-0.25, -0.2) is 14.0 Å². The molecule has 0 saturated carbocycles. The molecule has 1 saturated heterocycles. The number of carbonyl (C=O) groups is 4. The highest BCUT2D eigenvalue weighted by Crippen LogP contribution is 2.08. The molecule has 0 amide bonds. The van der Waals surface area contributed by atoms with Crippen molar-refractivity contribution in [2.75, 3.05) is 7.11 Å². The van der Waals surface area contributed by atoms with Crippen LogP contribution in [0.4, 0.5) is 4.39 Å². The zero-order valence-corrected chi connectivity index (χ0v) is 8.51. The summed E-state index contributed by atoms with van der Waals surface area (Å²) in [5.74, 6) is -5.16. The van der Waals surface area contributed by atoms with Crippen molar-refractivity contribution in [2.24, 2.45) is 0 Å². The van der Waals surface area contributed by atoms with E-state index in [9.17, 15) is 23.6 Å². The summed E-state index contributed by atoms with van der Waals surface area (Å²) >= 11 is 0. The molecule has 0 aromatic carbocycles. The van der Waals surface area contributed by atoms with Gasteiger partial charge in [0.1, 0.15) is 6.42 Å². The number of hydrogen-bond donors (Lipinski definition) is 0. The third-order valence-corrected chi connectivity index (χ3v) is 1.57. The van der Waals surface area contributed by atoms with Crippen molar-refractivity contribution in [3.8, 4) is 0 Å². The number of carbonyl (C=O) groups excluding carboxylic acids is 4. The molecule has 0 spiro atoms. The van der Waals surface area contributed by atoms with E-state index in [2.05, 4.69) is 18.7 Å². The Balaban J connectivity index is 2.53. The molecule has 1 unspecified atom stereocenters. The van der Waals surface area contributed by atoms with E-state index < -0.39 is 43.8 Å². The van der Waals surface area contributed by atoms with Gasteiger partial charge in [0.05, 0.1) is 7.11 Å². The van der Waals surface area contributed by atoms with Crippen LogP contribution >= 0.6 is 0 Å². The lowest BCUT2D eigenvalue weighted by Gasteiger charge is -2.17. The molecule has 0 aromatic rings. The van der Waals surface area contributed by atoms with Gasteiger partial charge in [0.2, 0.25) is 0 Å². The third-order valence-electron chi connectivity index (χ3n) is 1.57. The van der Waals surface area contributed by atoms with Crippen LogP contribution < -0.4 is 0 Å². The van der Waals surface area contributed by atoms with Crippen molar-refractivity contribution < 1.29 is 42.3 Å². The Morgan fingerprint density at radius 3 is 2.29 bits per heavy atom. The predicted molar refractivity (Wildman–Crippen MR) is 45.6 cm³/mol. The SMILES string of the molecule is COC(=O)C(F)C(=O)OB1OC(=O)CC(=O)O1. The lowest BCUT2D eigenvalue weighted by atomic mass is 10.1. The highest BCUT2D eigenvalue weighted by atomic mass is 19.1. The molecule has 17 heavy (non-hydrogen) atoms. The van der Waals surface area contributed by atoms with Gasteiger partial charge in [0, 0.05) is 0 Å². The minimum absolute atomic E-state index is 0.635. The Bertz CT molecular complexity index is 353. The average molecular weight is 248 g/mol. The first kappa shape index (κ1) is 12.9. The molecule has 10 heteroatoms. The number of hydrogen-bond acceptors (Lipinski definition) is 8. The van der Waals surface area contributed by atoms with Crippen LogP contribution in [0.3, 0.4) is 0 Å². The summed E-state index contributed by atoms with van der Waals surface area (Å²) in [4.78, 5) is 43.0. The first-order chi connectivity index (χ1) is 7.93. The second-order valence-electron chi connectivity index (χ2n) is 2.77. The van der Waals surface area contributed by atoms with E-state index >= 15 is 0 Å². The lowest BCUT2D eigenvalue weighted by Crippen LogP contribution is -2.43. The molecule has 1 heterocycles. The van der Waals surface area contributed by atoms with Gasteiger partial charge in [-0.2, -0.15) is 0 Å². The summed E-state index contributed by atoms with van der Waals surface area (Å²) in [6.45, 7) is 0. The molecule has 1 fully saturated rings. The summed E-state index contributed by atoms with van der Waals surface area (Å²) in [6, 6.07) is 0. The first-order valence-electron chi connectivity index (χ1n) is 4.25. The molecular weight excluding hydrogens is 242 g/mol. The van der Waals surface area contributed by atoms with Gasteiger partial charge in [-0.3, -0.25) is 9.59 Å². The molecule has 92 valence electrons. The van der Waals surface area contributed by atoms with Crippen LogP contribution in [0.15, 0.2) is 0 Å². The van der Waals surface area contributed by atoms with E-state index in [1.165, 1.54) is 0 Å². The van der Waals surface area contributed by atoms with Gasteiger partial charge in [0.15, 0.2) is 0 Å². The highest BCUT2D eigenvalue weighted by molar-refractivity contribution is 6.46. The molecule has 0 aliphatic carbocycles. The largest absolute Gasteiger partial charge is 0.870 e. The topological polar surface area (TPSA) is 105 Å². The van der Waals surface area contributed by atoms with Crippen molar-refractivity contribution >= 4 is 31.2 Å². The van der Waals surface area contributed by atoms with E-state index in [4.69, 9.17) is 0 Å². The summed E-state index contributed by atoms with van der Waals surface area (Å²) in [5.41, 5.74) is 0. The molecule has 1 atom stereocenters. The van der Waals surface area contributed by atoms with Crippen LogP contribution in [0, 0.1) is 0 Å².